The standard InChI is InChI=1S/C28H23N3O/c32-28(23-14-8-3-9-15-23)25-16-24-17-27(29-18-26(24)30-25)31(19-21-10-4-1-5-11-21)20-22-12-6-2-7-13-22/h1-18,30H,19-20H2. The van der Waals surface area contributed by atoms with Gasteiger partial charge in [-0.05, 0) is 23.3 Å². The summed E-state index contributed by atoms with van der Waals surface area (Å²) in [7, 11) is 0. The predicted octanol–water partition coefficient (Wildman–Crippen LogP) is 6.00. The highest BCUT2D eigenvalue weighted by atomic mass is 16.1. The lowest BCUT2D eigenvalue weighted by Gasteiger charge is -2.24. The van der Waals surface area contributed by atoms with Crippen LogP contribution < -0.4 is 4.90 Å². The van der Waals surface area contributed by atoms with Crippen molar-refractivity contribution < 1.29 is 4.79 Å². The fourth-order valence-corrected chi connectivity index (χ4v) is 3.89. The Morgan fingerprint density at radius 3 is 1.91 bits per heavy atom. The van der Waals surface area contributed by atoms with Gasteiger partial charge in [-0.15, -0.1) is 0 Å². The van der Waals surface area contributed by atoms with Gasteiger partial charge in [-0.25, -0.2) is 4.98 Å². The molecule has 0 bridgehead atoms. The molecule has 0 fully saturated rings. The van der Waals surface area contributed by atoms with E-state index in [1.54, 1.807) is 0 Å². The Bertz CT molecular complexity index is 1290. The van der Waals surface area contributed by atoms with Gasteiger partial charge in [0.1, 0.15) is 5.82 Å². The third-order valence-corrected chi connectivity index (χ3v) is 5.53. The third-order valence-electron chi connectivity index (χ3n) is 5.53. The zero-order chi connectivity index (χ0) is 21.8. The monoisotopic (exact) mass is 417 g/mol. The van der Waals surface area contributed by atoms with Crippen LogP contribution in [0, 0.1) is 0 Å². The molecule has 0 saturated carbocycles. The average molecular weight is 418 g/mol. The summed E-state index contributed by atoms with van der Waals surface area (Å²) in [5.74, 6) is 0.858. The number of nitrogens with zero attached hydrogens (tertiary/aromatic N) is 2. The Labute approximate surface area is 187 Å². The van der Waals surface area contributed by atoms with E-state index >= 15 is 0 Å². The Balaban J connectivity index is 1.48. The van der Waals surface area contributed by atoms with E-state index in [4.69, 9.17) is 4.98 Å². The van der Waals surface area contributed by atoms with Crippen LogP contribution in [0.3, 0.4) is 0 Å². The SMILES string of the molecule is O=C(c1ccccc1)c1cc2cc(N(Cc3ccccc3)Cc3ccccc3)ncc2[nH]1. The number of pyridine rings is 1. The first-order valence-electron chi connectivity index (χ1n) is 10.7. The van der Waals surface area contributed by atoms with Gasteiger partial charge in [0.25, 0.3) is 0 Å². The number of carbonyl (C=O) groups excluding carboxylic acids is 1. The second-order valence-electron chi connectivity index (χ2n) is 7.84. The van der Waals surface area contributed by atoms with Crippen molar-refractivity contribution in [2.75, 3.05) is 4.90 Å². The van der Waals surface area contributed by atoms with Crippen LogP contribution in [0.4, 0.5) is 5.82 Å². The molecule has 5 rings (SSSR count). The molecule has 156 valence electrons. The van der Waals surface area contributed by atoms with Gasteiger partial charge >= 0.3 is 0 Å². The Morgan fingerprint density at radius 1 is 0.750 bits per heavy atom. The first-order chi connectivity index (χ1) is 15.8. The summed E-state index contributed by atoms with van der Waals surface area (Å²) in [5, 5.41) is 0.973. The molecule has 0 saturated heterocycles. The highest BCUT2D eigenvalue weighted by Crippen LogP contribution is 2.24. The van der Waals surface area contributed by atoms with E-state index in [0.717, 1.165) is 29.8 Å². The van der Waals surface area contributed by atoms with Gasteiger partial charge in [0.05, 0.1) is 17.4 Å². The quantitative estimate of drug-likeness (QED) is 0.330. The van der Waals surface area contributed by atoms with E-state index in [-0.39, 0.29) is 5.78 Å². The number of H-pyrrole nitrogens is 1. The first kappa shape index (κ1) is 19.8. The molecular formula is C28H23N3O. The molecular weight excluding hydrogens is 394 g/mol. The average Bonchev–Trinajstić information content (AvgIpc) is 3.28. The summed E-state index contributed by atoms with van der Waals surface area (Å²) in [4.78, 5) is 23.1. The summed E-state index contributed by atoms with van der Waals surface area (Å²) in [5.41, 5.74) is 4.54. The Kier molecular flexibility index (Phi) is 5.50. The number of rotatable bonds is 7. The van der Waals surface area contributed by atoms with Crippen LogP contribution in [-0.2, 0) is 13.1 Å². The molecule has 0 amide bonds. The van der Waals surface area contributed by atoms with Crippen LogP contribution >= 0.6 is 0 Å². The van der Waals surface area contributed by atoms with Crippen LogP contribution in [0.5, 0.6) is 0 Å². The summed E-state index contributed by atoms with van der Waals surface area (Å²) >= 11 is 0. The van der Waals surface area contributed by atoms with E-state index in [1.807, 2.05) is 54.7 Å². The van der Waals surface area contributed by atoms with Crippen LogP contribution in [0.2, 0.25) is 0 Å². The van der Waals surface area contributed by atoms with Crippen LogP contribution in [0.15, 0.2) is 109 Å². The van der Waals surface area contributed by atoms with E-state index < -0.39 is 0 Å². The summed E-state index contributed by atoms with van der Waals surface area (Å²) in [6.07, 6.45) is 1.81. The molecule has 0 aliphatic rings. The molecule has 0 spiro atoms. The Morgan fingerprint density at radius 2 is 1.31 bits per heavy atom. The summed E-state index contributed by atoms with van der Waals surface area (Å²) in [6.45, 7) is 1.49. The molecule has 4 heteroatoms. The molecule has 1 N–H and O–H groups in total. The zero-order valence-corrected chi connectivity index (χ0v) is 17.6. The number of aromatic nitrogens is 2. The number of aromatic amines is 1. The van der Waals surface area contributed by atoms with Crippen molar-refractivity contribution in [3.05, 3.63) is 132 Å². The molecule has 3 aromatic carbocycles. The van der Waals surface area contributed by atoms with E-state index in [0.29, 0.717) is 11.3 Å². The maximum absolute atomic E-state index is 12.9. The largest absolute Gasteiger partial charge is 0.351 e. The number of fused-ring (bicyclic) bond motifs is 1. The highest BCUT2D eigenvalue weighted by Gasteiger charge is 2.15. The number of hydrogen-bond donors (Lipinski definition) is 1. The van der Waals surface area contributed by atoms with Gasteiger partial charge in [-0.3, -0.25) is 4.79 Å². The molecule has 0 unspecified atom stereocenters. The van der Waals surface area contributed by atoms with Crippen molar-refractivity contribution in [2.24, 2.45) is 0 Å². The minimum absolute atomic E-state index is 0.0197. The maximum atomic E-state index is 12.9. The number of nitrogens with one attached hydrogen (secondary N) is 1. The van der Waals surface area contributed by atoms with E-state index in [9.17, 15) is 4.79 Å². The predicted molar refractivity (Wildman–Crippen MR) is 129 cm³/mol. The maximum Gasteiger partial charge on any atom is 0.209 e. The van der Waals surface area contributed by atoms with Crippen molar-refractivity contribution >= 4 is 22.5 Å². The van der Waals surface area contributed by atoms with Crippen molar-refractivity contribution in [1.82, 2.24) is 9.97 Å². The van der Waals surface area contributed by atoms with Gasteiger partial charge in [0, 0.05) is 24.0 Å². The van der Waals surface area contributed by atoms with E-state index in [1.165, 1.54) is 11.1 Å². The van der Waals surface area contributed by atoms with Gasteiger partial charge in [-0.2, -0.15) is 0 Å². The highest BCUT2D eigenvalue weighted by molar-refractivity contribution is 6.10. The molecule has 2 heterocycles. The number of hydrogen-bond acceptors (Lipinski definition) is 3. The molecule has 0 aliphatic heterocycles. The van der Waals surface area contributed by atoms with E-state index in [2.05, 4.69) is 64.5 Å². The fraction of sp³-hybridized carbons (Fsp3) is 0.0714. The number of benzene rings is 3. The molecule has 5 aromatic rings. The van der Waals surface area contributed by atoms with Crippen LogP contribution in [0.1, 0.15) is 27.2 Å². The summed E-state index contributed by atoms with van der Waals surface area (Å²) in [6, 6.07) is 34.1. The lowest BCUT2D eigenvalue weighted by Crippen LogP contribution is -2.23. The third kappa shape index (κ3) is 4.30. The Hall–Kier alpha value is -4.18. The second-order valence-corrected chi connectivity index (χ2v) is 7.84. The number of anilines is 1. The topological polar surface area (TPSA) is 49.0 Å². The molecule has 0 atom stereocenters. The smallest absolute Gasteiger partial charge is 0.209 e. The van der Waals surface area contributed by atoms with Crippen LogP contribution in [-0.4, -0.2) is 15.8 Å². The van der Waals surface area contributed by atoms with Gasteiger partial charge in [0.15, 0.2) is 0 Å². The van der Waals surface area contributed by atoms with Crippen molar-refractivity contribution in [2.45, 2.75) is 13.1 Å². The number of ketones is 1. The lowest BCUT2D eigenvalue weighted by atomic mass is 10.1. The minimum atomic E-state index is -0.0197. The van der Waals surface area contributed by atoms with Gasteiger partial charge < -0.3 is 9.88 Å². The molecule has 0 aliphatic carbocycles. The van der Waals surface area contributed by atoms with Gasteiger partial charge in [-0.1, -0.05) is 91.0 Å². The lowest BCUT2D eigenvalue weighted by molar-refractivity contribution is 0.103. The molecule has 2 aromatic heterocycles. The molecule has 4 nitrogen and oxygen atoms in total. The van der Waals surface area contributed by atoms with Gasteiger partial charge in [0.2, 0.25) is 5.78 Å². The first-order valence-corrected chi connectivity index (χ1v) is 10.7. The number of carbonyl (C=O) groups is 1. The minimum Gasteiger partial charge on any atom is -0.351 e. The van der Waals surface area contributed by atoms with Crippen molar-refractivity contribution in [3.8, 4) is 0 Å². The summed E-state index contributed by atoms with van der Waals surface area (Å²) < 4.78 is 0. The second kappa shape index (κ2) is 8.90. The van der Waals surface area contributed by atoms with Crippen molar-refractivity contribution in [3.63, 3.8) is 0 Å². The fourth-order valence-electron chi connectivity index (χ4n) is 3.89. The van der Waals surface area contributed by atoms with Crippen LogP contribution in [0.25, 0.3) is 10.9 Å². The van der Waals surface area contributed by atoms with Crippen molar-refractivity contribution in [1.29, 1.82) is 0 Å². The normalized spacial score (nSPS) is 10.9. The molecule has 0 radical (unpaired) electrons. The zero-order valence-electron chi connectivity index (χ0n) is 17.6. The molecule has 32 heavy (non-hydrogen) atoms.